The Kier molecular flexibility index (Phi) is 3.46. The summed E-state index contributed by atoms with van der Waals surface area (Å²) >= 11 is 0. The first-order chi connectivity index (χ1) is 9.35. The van der Waals surface area contributed by atoms with Crippen molar-refractivity contribution in [2.75, 3.05) is 18.4 Å². The van der Waals surface area contributed by atoms with Crippen LogP contribution in [-0.4, -0.2) is 32.5 Å². The van der Waals surface area contributed by atoms with Crippen molar-refractivity contribution < 1.29 is 0 Å². The highest BCUT2D eigenvalue weighted by Gasteiger charge is 2.16. The molecule has 1 N–H and O–H groups in total. The summed E-state index contributed by atoms with van der Waals surface area (Å²) in [6, 6.07) is 6.16. The van der Waals surface area contributed by atoms with Gasteiger partial charge in [-0.3, -0.25) is 4.90 Å². The number of nitrogens with one attached hydrogen (secondary N) is 1. The highest BCUT2D eigenvalue weighted by Crippen LogP contribution is 2.14. The SMILES string of the molecule is CCNc1cccc(CN2CCn3ccnc3C2)n1. The number of fused-ring (bicyclic) bond motifs is 1. The maximum atomic E-state index is 4.62. The number of rotatable bonds is 4. The van der Waals surface area contributed by atoms with Crippen LogP contribution in [0.15, 0.2) is 30.6 Å². The van der Waals surface area contributed by atoms with Crippen molar-refractivity contribution in [1.29, 1.82) is 0 Å². The molecule has 0 aromatic carbocycles. The maximum Gasteiger partial charge on any atom is 0.126 e. The van der Waals surface area contributed by atoms with Crippen LogP contribution in [0.3, 0.4) is 0 Å². The number of hydrogen-bond acceptors (Lipinski definition) is 4. The summed E-state index contributed by atoms with van der Waals surface area (Å²) < 4.78 is 2.22. The van der Waals surface area contributed by atoms with Gasteiger partial charge in [-0.1, -0.05) is 6.07 Å². The minimum Gasteiger partial charge on any atom is -0.370 e. The van der Waals surface area contributed by atoms with E-state index in [1.54, 1.807) is 0 Å². The second-order valence-electron chi connectivity index (χ2n) is 4.79. The van der Waals surface area contributed by atoms with Crippen LogP contribution in [0.5, 0.6) is 0 Å². The van der Waals surface area contributed by atoms with Crippen molar-refractivity contribution in [3.8, 4) is 0 Å². The molecule has 1 aliphatic heterocycles. The van der Waals surface area contributed by atoms with Crippen LogP contribution in [0.2, 0.25) is 0 Å². The van der Waals surface area contributed by atoms with Gasteiger partial charge in [-0.05, 0) is 19.1 Å². The van der Waals surface area contributed by atoms with Crippen LogP contribution in [0.1, 0.15) is 18.4 Å². The first-order valence-electron chi connectivity index (χ1n) is 6.77. The Balaban J connectivity index is 1.67. The molecule has 0 bridgehead atoms. The largest absolute Gasteiger partial charge is 0.370 e. The van der Waals surface area contributed by atoms with E-state index in [4.69, 9.17) is 0 Å². The molecule has 2 aromatic rings. The van der Waals surface area contributed by atoms with E-state index in [9.17, 15) is 0 Å². The Morgan fingerprint density at radius 3 is 3.16 bits per heavy atom. The summed E-state index contributed by atoms with van der Waals surface area (Å²) in [7, 11) is 0. The van der Waals surface area contributed by atoms with Crippen LogP contribution in [0.4, 0.5) is 5.82 Å². The van der Waals surface area contributed by atoms with Gasteiger partial charge in [-0.2, -0.15) is 0 Å². The summed E-state index contributed by atoms with van der Waals surface area (Å²) in [6.07, 6.45) is 3.93. The van der Waals surface area contributed by atoms with Crippen LogP contribution in [0.25, 0.3) is 0 Å². The molecule has 0 spiro atoms. The average molecular weight is 257 g/mol. The van der Waals surface area contributed by atoms with Crippen LogP contribution in [-0.2, 0) is 19.6 Å². The molecule has 0 fully saturated rings. The zero-order chi connectivity index (χ0) is 13.1. The molecular formula is C14H19N5. The third kappa shape index (κ3) is 2.76. The third-order valence-corrected chi connectivity index (χ3v) is 3.37. The molecule has 2 aromatic heterocycles. The summed E-state index contributed by atoms with van der Waals surface area (Å²) in [6.45, 7) is 6.83. The minimum absolute atomic E-state index is 0.881. The van der Waals surface area contributed by atoms with Gasteiger partial charge in [0, 0.05) is 38.6 Å². The maximum absolute atomic E-state index is 4.62. The van der Waals surface area contributed by atoms with Crippen molar-refractivity contribution in [2.45, 2.75) is 26.6 Å². The van der Waals surface area contributed by atoms with E-state index >= 15 is 0 Å². The number of imidazole rings is 1. The van der Waals surface area contributed by atoms with E-state index in [1.165, 1.54) is 0 Å². The zero-order valence-corrected chi connectivity index (χ0v) is 11.2. The minimum atomic E-state index is 0.881. The second kappa shape index (κ2) is 5.40. The first-order valence-corrected chi connectivity index (χ1v) is 6.77. The standard InChI is InChI=1S/C14H19N5/c1-2-15-13-5-3-4-12(17-13)10-18-8-9-19-7-6-16-14(19)11-18/h3-7H,2,8-11H2,1H3,(H,15,17). The van der Waals surface area contributed by atoms with Crippen LogP contribution >= 0.6 is 0 Å². The molecule has 0 saturated carbocycles. The lowest BCUT2D eigenvalue weighted by Crippen LogP contribution is -2.33. The summed E-state index contributed by atoms with van der Waals surface area (Å²) in [5.74, 6) is 2.10. The van der Waals surface area contributed by atoms with Crippen molar-refractivity contribution >= 4 is 5.82 Å². The molecule has 0 aliphatic carbocycles. The molecule has 5 heteroatoms. The Hall–Kier alpha value is -1.88. The van der Waals surface area contributed by atoms with Gasteiger partial charge in [0.1, 0.15) is 11.6 Å². The second-order valence-corrected chi connectivity index (χ2v) is 4.79. The van der Waals surface area contributed by atoms with Gasteiger partial charge in [0.15, 0.2) is 0 Å². The summed E-state index contributed by atoms with van der Waals surface area (Å²) in [5, 5.41) is 3.25. The van der Waals surface area contributed by atoms with E-state index in [0.29, 0.717) is 0 Å². The predicted octanol–water partition coefficient (Wildman–Crippen LogP) is 1.73. The molecule has 0 radical (unpaired) electrons. The van der Waals surface area contributed by atoms with Gasteiger partial charge >= 0.3 is 0 Å². The molecule has 3 rings (SSSR count). The van der Waals surface area contributed by atoms with Gasteiger partial charge in [0.25, 0.3) is 0 Å². The zero-order valence-electron chi connectivity index (χ0n) is 11.2. The average Bonchev–Trinajstić information content (AvgIpc) is 2.87. The number of nitrogens with zero attached hydrogens (tertiary/aromatic N) is 4. The Morgan fingerprint density at radius 1 is 1.32 bits per heavy atom. The van der Waals surface area contributed by atoms with Crippen molar-refractivity contribution in [3.63, 3.8) is 0 Å². The topological polar surface area (TPSA) is 46.0 Å². The molecule has 0 unspecified atom stereocenters. The molecule has 0 amide bonds. The van der Waals surface area contributed by atoms with Crippen molar-refractivity contribution in [3.05, 3.63) is 42.1 Å². The summed E-state index contributed by atoms with van der Waals surface area (Å²) in [5.41, 5.74) is 1.11. The highest BCUT2D eigenvalue weighted by molar-refractivity contribution is 5.34. The van der Waals surface area contributed by atoms with E-state index < -0.39 is 0 Å². The van der Waals surface area contributed by atoms with Crippen LogP contribution < -0.4 is 5.32 Å². The van der Waals surface area contributed by atoms with Gasteiger partial charge in [-0.25, -0.2) is 9.97 Å². The smallest absolute Gasteiger partial charge is 0.126 e. The number of pyridine rings is 1. The van der Waals surface area contributed by atoms with Crippen molar-refractivity contribution in [1.82, 2.24) is 19.4 Å². The Morgan fingerprint density at radius 2 is 2.26 bits per heavy atom. The molecule has 0 saturated heterocycles. The number of hydrogen-bond donors (Lipinski definition) is 1. The highest BCUT2D eigenvalue weighted by atomic mass is 15.2. The first kappa shape index (κ1) is 12.2. The van der Waals surface area contributed by atoms with Gasteiger partial charge < -0.3 is 9.88 Å². The van der Waals surface area contributed by atoms with Gasteiger partial charge in [0.05, 0.1) is 12.2 Å². The lowest BCUT2D eigenvalue weighted by Gasteiger charge is -2.27. The number of anilines is 1. The lowest BCUT2D eigenvalue weighted by atomic mass is 10.3. The molecular weight excluding hydrogens is 238 g/mol. The third-order valence-electron chi connectivity index (χ3n) is 3.37. The number of aromatic nitrogens is 3. The molecule has 5 nitrogen and oxygen atoms in total. The fourth-order valence-electron chi connectivity index (χ4n) is 2.43. The molecule has 0 atom stereocenters. The fourth-order valence-corrected chi connectivity index (χ4v) is 2.43. The fraction of sp³-hybridized carbons (Fsp3) is 0.429. The predicted molar refractivity (Wildman–Crippen MR) is 74.7 cm³/mol. The van der Waals surface area contributed by atoms with Gasteiger partial charge in [0.2, 0.25) is 0 Å². The van der Waals surface area contributed by atoms with Crippen LogP contribution in [0, 0.1) is 0 Å². The molecule has 3 heterocycles. The normalized spacial score (nSPS) is 15.2. The van der Waals surface area contributed by atoms with Crippen molar-refractivity contribution in [2.24, 2.45) is 0 Å². The molecule has 100 valence electrons. The summed E-state index contributed by atoms with van der Waals surface area (Å²) in [4.78, 5) is 11.4. The lowest BCUT2D eigenvalue weighted by molar-refractivity contribution is 0.206. The monoisotopic (exact) mass is 257 g/mol. The van der Waals surface area contributed by atoms with E-state index in [2.05, 4.69) is 50.0 Å². The molecule has 19 heavy (non-hydrogen) atoms. The van der Waals surface area contributed by atoms with E-state index in [1.807, 2.05) is 12.3 Å². The van der Waals surface area contributed by atoms with E-state index in [-0.39, 0.29) is 0 Å². The van der Waals surface area contributed by atoms with E-state index in [0.717, 1.165) is 50.1 Å². The van der Waals surface area contributed by atoms with Gasteiger partial charge in [-0.15, -0.1) is 0 Å². The Labute approximate surface area is 113 Å². The molecule has 1 aliphatic rings. The Bertz CT molecular complexity index is 548. The quantitative estimate of drug-likeness (QED) is 0.906.